The van der Waals surface area contributed by atoms with E-state index >= 15 is 0 Å². The number of ether oxygens (including phenoxy) is 1. The van der Waals surface area contributed by atoms with E-state index in [-0.39, 0.29) is 6.09 Å². The molecule has 0 spiro atoms. The van der Waals surface area contributed by atoms with Gasteiger partial charge in [0.05, 0.1) is 0 Å². The van der Waals surface area contributed by atoms with Crippen LogP contribution in [0.25, 0.3) is 0 Å². The Morgan fingerprint density at radius 2 is 2.21 bits per heavy atom. The van der Waals surface area contributed by atoms with Crippen LogP contribution in [0.1, 0.15) is 37.9 Å². The maximum atomic E-state index is 12.1. The van der Waals surface area contributed by atoms with Crippen LogP contribution < -0.4 is 0 Å². The van der Waals surface area contributed by atoms with E-state index in [0.29, 0.717) is 11.8 Å². The summed E-state index contributed by atoms with van der Waals surface area (Å²) >= 11 is 2.27. The first-order chi connectivity index (χ1) is 8.85. The van der Waals surface area contributed by atoms with Gasteiger partial charge in [0.25, 0.3) is 0 Å². The minimum atomic E-state index is -0.427. The van der Waals surface area contributed by atoms with E-state index in [2.05, 4.69) is 32.8 Å². The Kier molecular flexibility index (Phi) is 3.03. The Labute approximate surface area is 126 Å². The average molecular weight is 375 g/mol. The first-order valence-corrected chi connectivity index (χ1v) is 7.63. The highest BCUT2D eigenvalue weighted by Gasteiger charge is 2.44. The lowest BCUT2D eigenvalue weighted by molar-refractivity contribution is 0.0285. The largest absolute Gasteiger partial charge is 0.444 e. The Morgan fingerprint density at radius 3 is 2.89 bits per heavy atom. The van der Waals surface area contributed by atoms with E-state index in [4.69, 9.17) is 4.74 Å². The molecule has 1 aliphatic carbocycles. The summed E-state index contributed by atoms with van der Waals surface area (Å²) in [5.74, 6) is 0.920. The van der Waals surface area contributed by atoms with Crippen molar-refractivity contribution in [1.82, 2.24) is 15.1 Å². The van der Waals surface area contributed by atoms with Gasteiger partial charge in [0.15, 0.2) is 0 Å². The van der Waals surface area contributed by atoms with Gasteiger partial charge in [-0.1, -0.05) is 0 Å². The Bertz CT molecular complexity index is 520. The molecule has 3 rings (SSSR count). The molecule has 2 unspecified atom stereocenters. The zero-order chi connectivity index (χ0) is 13.8. The van der Waals surface area contributed by atoms with Crippen molar-refractivity contribution < 1.29 is 9.53 Å². The lowest BCUT2D eigenvalue weighted by Gasteiger charge is -2.24. The number of halogens is 1. The highest BCUT2D eigenvalue weighted by atomic mass is 127. The second kappa shape index (κ2) is 4.36. The summed E-state index contributed by atoms with van der Waals surface area (Å²) in [5, 5.41) is 7.38. The van der Waals surface area contributed by atoms with Gasteiger partial charge in [0.1, 0.15) is 9.30 Å². The van der Waals surface area contributed by atoms with Crippen LogP contribution in [0.4, 0.5) is 4.79 Å². The van der Waals surface area contributed by atoms with E-state index in [9.17, 15) is 4.79 Å². The molecule has 0 radical (unpaired) electrons. The highest BCUT2D eigenvalue weighted by Crippen LogP contribution is 2.43. The molecule has 1 aromatic heterocycles. The predicted molar refractivity (Wildman–Crippen MR) is 79.0 cm³/mol. The highest BCUT2D eigenvalue weighted by molar-refractivity contribution is 14.1. The topological polar surface area (TPSA) is 58.2 Å². The van der Waals surface area contributed by atoms with Crippen LogP contribution in [0.15, 0.2) is 0 Å². The normalized spacial score (nSPS) is 25.4. The van der Waals surface area contributed by atoms with Gasteiger partial charge in [0, 0.05) is 30.3 Å². The molecule has 0 bridgehead atoms. The number of nitrogens with zero attached hydrogens (tertiary/aromatic N) is 2. The van der Waals surface area contributed by atoms with Crippen molar-refractivity contribution in [3.8, 4) is 0 Å². The Morgan fingerprint density at radius 1 is 1.47 bits per heavy atom. The van der Waals surface area contributed by atoms with Crippen molar-refractivity contribution in [2.45, 2.75) is 38.7 Å². The number of rotatable bonds is 0. The smallest absolute Gasteiger partial charge is 0.410 e. The summed E-state index contributed by atoms with van der Waals surface area (Å²) in [6, 6.07) is 0. The third-order valence-electron chi connectivity index (χ3n) is 3.78. The zero-order valence-electron chi connectivity index (χ0n) is 11.4. The first-order valence-electron chi connectivity index (χ1n) is 6.55. The van der Waals surface area contributed by atoms with Crippen LogP contribution in [0.3, 0.4) is 0 Å². The number of amides is 1. The third-order valence-corrected chi connectivity index (χ3v) is 4.67. The Balaban J connectivity index is 1.71. The van der Waals surface area contributed by atoms with E-state index < -0.39 is 5.60 Å². The number of fused-ring (bicyclic) bond motifs is 3. The van der Waals surface area contributed by atoms with Crippen LogP contribution in [0.5, 0.6) is 0 Å². The molecular formula is C13H18IN3O2. The first kappa shape index (κ1) is 13.2. The number of hydrogen-bond donors (Lipinski definition) is 1. The zero-order valence-corrected chi connectivity index (χ0v) is 13.5. The molecule has 6 heteroatoms. The molecular weight excluding hydrogens is 357 g/mol. The summed E-state index contributed by atoms with van der Waals surface area (Å²) in [6.45, 7) is 7.23. The van der Waals surface area contributed by atoms with Crippen molar-refractivity contribution in [2.75, 3.05) is 13.1 Å². The standard InChI is InChI=1S/C13H18IN3O2/c1-13(2,3)19-12(18)17-5-7-4-8-10(9(7)6-17)15-16-11(8)14/h7,9H,4-6H2,1-3H3,(H,15,16). The van der Waals surface area contributed by atoms with E-state index in [1.54, 1.807) is 0 Å². The number of hydrogen-bond acceptors (Lipinski definition) is 3. The summed E-state index contributed by atoms with van der Waals surface area (Å²) in [5.41, 5.74) is 2.14. The number of nitrogens with one attached hydrogen (secondary N) is 1. The molecule has 1 aromatic rings. The van der Waals surface area contributed by atoms with E-state index in [1.165, 1.54) is 11.3 Å². The molecule has 2 aliphatic rings. The van der Waals surface area contributed by atoms with Crippen LogP contribution in [-0.4, -0.2) is 39.9 Å². The number of aromatic amines is 1. The molecule has 0 aromatic carbocycles. The average Bonchev–Trinajstić information content (AvgIpc) is 2.88. The lowest BCUT2D eigenvalue weighted by Crippen LogP contribution is -2.35. The number of aromatic nitrogens is 2. The molecule has 2 atom stereocenters. The van der Waals surface area contributed by atoms with Crippen molar-refractivity contribution >= 4 is 28.7 Å². The molecule has 1 saturated heterocycles. The molecule has 1 aliphatic heterocycles. The number of carbonyl (C=O) groups excluding carboxylic acids is 1. The second-order valence-corrected chi connectivity index (χ2v) is 7.38. The van der Waals surface area contributed by atoms with Crippen molar-refractivity contribution in [3.63, 3.8) is 0 Å². The number of H-pyrrole nitrogens is 1. The summed E-state index contributed by atoms with van der Waals surface area (Å²) in [4.78, 5) is 13.9. The molecule has 5 nitrogen and oxygen atoms in total. The third kappa shape index (κ3) is 2.34. The lowest BCUT2D eigenvalue weighted by atomic mass is 9.99. The quantitative estimate of drug-likeness (QED) is 0.709. The van der Waals surface area contributed by atoms with Crippen molar-refractivity contribution in [3.05, 3.63) is 15.0 Å². The van der Waals surface area contributed by atoms with Gasteiger partial charge in [-0.2, -0.15) is 5.10 Å². The number of likely N-dealkylation sites (tertiary alicyclic amines) is 1. The maximum Gasteiger partial charge on any atom is 0.410 e. The fourth-order valence-corrected chi connectivity index (χ4v) is 3.63. The van der Waals surface area contributed by atoms with Crippen LogP contribution in [-0.2, 0) is 11.2 Å². The summed E-state index contributed by atoms with van der Waals surface area (Å²) < 4.78 is 6.51. The van der Waals surface area contributed by atoms with Crippen LogP contribution in [0, 0.1) is 9.62 Å². The van der Waals surface area contributed by atoms with E-state index in [1.807, 2.05) is 25.7 Å². The van der Waals surface area contributed by atoms with Gasteiger partial charge in [-0.05, 0) is 55.7 Å². The van der Waals surface area contributed by atoms with Gasteiger partial charge in [-0.25, -0.2) is 4.79 Å². The minimum absolute atomic E-state index is 0.197. The SMILES string of the molecule is CC(C)(C)OC(=O)N1CC2Cc3c(I)n[nH]c3C2C1. The van der Waals surface area contributed by atoms with Gasteiger partial charge < -0.3 is 9.64 Å². The van der Waals surface area contributed by atoms with E-state index in [0.717, 1.165) is 23.2 Å². The van der Waals surface area contributed by atoms with Gasteiger partial charge in [0.2, 0.25) is 0 Å². The summed E-state index contributed by atoms with van der Waals surface area (Å²) in [7, 11) is 0. The monoisotopic (exact) mass is 375 g/mol. The molecule has 2 heterocycles. The maximum absolute atomic E-state index is 12.1. The molecule has 1 N–H and O–H groups in total. The predicted octanol–water partition coefficient (Wildman–Crippen LogP) is 2.52. The second-order valence-electron chi connectivity index (χ2n) is 6.36. The molecule has 1 fully saturated rings. The van der Waals surface area contributed by atoms with Crippen molar-refractivity contribution in [2.24, 2.45) is 5.92 Å². The number of carbonyl (C=O) groups is 1. The fourth-order valence-electron chi connectivity index (χ4n) is 3.00. The van der Waals surface area contributed by atoms with Crippen molar-refractivity contribution in [1.29, 1.82) is 0 Å². The minimum Gasteiger partial charge on any atom is -0.444 e. The fraction of sp³-hybridized carbons (Fsp3) is 0.692. The van der Waals surface area contributed by atoms with Crippen LogP contribution >= 0.6 is 22.6 Å². The van der Waals surface area contributed by atoms with Gasteiger partial charge in [-0.3, -0.25) is 5.10 Å². The van der Waals surface area contributed by atoms with Crippen LogP contribution in [0.2, 0.25) is 0 Å². The molecule has 1 amide bonds. The molecule has 104 valence electrons. The Hall–Kier alpha value is -0.790. The molecule has 0 saturated carbocycles. The van der Waals surface area contributed by atoms with Gasteiger partial charge in [-0.15, -0.1) is 0 Å². The van der Waals surface area contributed by atoms with Gasteiger partial charge >= 0.3 is 6.09 Å². The molecule has 19 heavy (non-hydrogen) atoms. The summed E-state index contributed by atoms with van der Waals surface area (Å²) in [6.07, 6.45) is 0.825.